The molecule has 1 saturated heterocycles. The van der Waals surface area contributed by atoms with Gasteiger partial charge in [0.25, 0.3) is 5.91 Å². The van der Waals surface area contributed by atoms with E-state index in [1.807, 2.05) is 21.7 Å². The Balaban J connectivity index is 1.42. The number of nitrogens with zero attached hydrogens (tertiary/aromatic N) is 5. The van der Waals surface area contributed by atoms with E-state index in [0.29, 0.717) is 50.0 Å². The second-order valence-corrected chi connectivity index (χ2v) is 9.22. The molecule has 1 saturated carbocycles. The van der Waals surface area contributed by atoms with Gasteiger partial charge in [-0.05, 0) is 58.7 Å². The second kappa shape index (κ2) is 8.32. The van der Waals surface area contributed by atoms with Crippen LogP contribution in [0.3, 0.4) is 0 Å². The van der Waals surface area contributed by atoms with Gasteiger partial charge in [-0.2, -0.15) is 5.10 Å². The average molecular weight is 426 g/mol. The van der Waals surface area contributed by atoms with Crippen molar-refractivity contribution >= 4 is 17.7 Å². The molecule has 0 bridgehead atoms. The Bertz CT molecular complexity index is 949. The van der Waals surface area contributed by atoms with E-state index >= 15 is 0 Å². The van der Waals surface area contributed by atoms with Crippen LogP contribution in [0.25, 0.3) is 0 Å². The highest BCUT2D eigenvalue weighted by Crippen LogP contribution is 2.40. The fraction of sp³-hybridized carbons (Fsp3) is 0.565. The van der Waals surface area contributed by atoms with Gasteiger partial charge in [0, 0.05) is 38.3 Å². The van der Waals surface area contributed by atoms with Crippen molar-refractivity contribution in [3.8, 4) is 0 Å². The molecule has 31 heavy (non-hydrogen) atoms. The topological polar surface area (TPSA) is 80.6 Å². The molecule has 0 spiro atoms. The summed E-state index contributed by atoms with van der Waals surface area (Å²) in [4.78, 5) is 33.6. The zero-order valence-corrected chi connectivity index (χ0v) is 18.8. The lowest BCUT2D eigenvalue weighted by atomic mass is 10.1. The Morgan fingerprint density at radius 3 is 2.39 bits per heavy atom. The van der Waals surface area contributed by atoms with Crippen molar-refractivity contribution in [2.24, 2.45) is 0 Å². The summed E-state index contributed by atoms with van der Waals surface area (Å²) in [5.41, 5.74) is 1.92. The van der Waals surface area contributed by atoms with E-state index in [1.54, 1.807) is 19.2 Å². The number of esters is 1. The lowest BCUT2D eigenvalue weighted by Crippen LogP contribution is -2.49. The zero-order chi connectivity index (χ0) is 22.2. The maximum atomic E-state index is 13.3. The minimum Gasteiger partial charge on any atom is -0.462 e. The van der Waals surface area contributed by atoms with Crippen LogP contribution in [-0.2, 0) is 10.3 Å². The van der Waals surface area contributed by atoms with Crippen molar-refractivity contribution in [1.29, 1.82) is 0 Å². The number of hydrogen-bond donors (Lipinski definition) is 0. The Kier molecular flexibility index (Phi) is 5.73. The summed E-state index contributed by atoms with van der Waals surface area (Å²) in [7, 11) is 0. The van der Waals surface area contributed by atoms with Crippen molar-refractivity contribution in [1.82, 2.24) is 19.7 Å². The first-order valence-corrected chi connectivity index (χ1v) is 11.1. The highest BCUT2D eigenvalue weighted by Gasteiger charge is 2.33. The molecular formula is C23H31N5O3. The molecule has 4 rings (SSSR count). The normalized spacial score (nSPS) is 17.0. The lowest BCUT2D eigenvalue weighted by Gasteiger charge is -2.36. The SMILES string of the molecule is CCOC(=O)c1ccc(N2CCN(C(=O)c3cc(C4CC4)nn3C(C)(C)C)CC2)nc1. The summed E-state index contributed by atoms with van der Waals surface area (Å²) in [5.74, 6) is 0.990. The van der Waals surface area contributed by atoms with Gasteiger partial charge >= 0.3 is 5.97 Å². The van der Waals surface area contributed by atoms with Crippen molar-refractivity contribution in [2.75, 3.05) is 37.7 Å². The molecule has 166 valence electrons. The standard InChI is InChI=1S/C23H31N5O3/c1-5-31-22(30)17-8-9-20(24-15-17)26-10-12-27(13-11-26)21(29)19-14-18(16-6-7-16)25-28(19)23(2,3)4/h8-9,14-16H,5-7,10-13H2,1-4H3. The molecule has 1 aliphatic carbocycles. The Labute approximate surface area is 183 Å². The van der Waals surface area contributed by atoms with Gasteiger partial charge in [-0.15, -0.1) is 0 Å². The number of carbonyl (C=O) groups is 2. The van der Waals surface area contributed by atoms with E-state index in [4.69, 9.17) is 9.84 Å². The van der Waals surface area contributed by atoms with Crippen LogP contribution in [0.1, 0.15) is 73.0 Å². The molecule has 0 atom stereocenters. The van der Waals surface area contributed by atoms with Crippen LogP contribution >= 0.6 is 0 Å². The number of rotatable bonds is 5. The Hall–Kier alpha value is -2.90. The van der Waals surface area contributed by atoms with Crippen molar-refractivity contribution in [2.45, 2.75) is 52.0 Å². The van der Waals surface area contributed by atoms with Crippen LogP contribution in [0.4, 0.5) is 5.82 Å². The fourth-order valence-electron chi connectivity index (χ4n) is 3.85. The van der Waals surface area contributed by atoms with Gasteiger partial charge in [0.15, 0.2) is 0 Å². The van der Waals surface area contributed by atoms with E-state index in [2.05, 4.69) is 30.7 Å². The Morgan fingerprint density at radius 2 is 1.84 bits per heavy atom. The van der Waals surface area contributed by atoms with Crippen LogP contribution in [0, 0.1) is 0 Å². The molecule has 0 N–H and O–H groups in total. The highest BCUT2D eigenvalue weighted by atomic mass is 16.5. The van der Waals surface area contributed by atoms with Gasteiger partial charge in [0.2, 0.25) is 0 Å². The molecule has 3 heterocycles. The van der Waals surface area contributed by atoms with E-state index in [0.717, 1.165) is 24.4 Å². The first-order valence-electron chi connectivity index (χ1n) is 11.1. The third-order valence-corrected chi connectivity index (χ3v) is 5.73. The molecule has 0 unspecified atom stereocenters. The largest absolute Gasteiger partial charge is 0.462 e. The summed E-state index contributed by atoms with van der Waals surface area (Å²) in [6, 6.07) is 5.56. The highest BCUT2D eigenvalue weighted by molar-refractivity contribution is 5.93. The molecule has 1 amide bonds. The number of hydrogen-bond acceptors (Lipinski definition) is 6. The lowest BCUT2D eigenvalue weighted by molar-refractivity contribution is 0.0525. The second-order valence-electron chi connectivity index (χ2n) is 9.22. The van der Waals surface area contributed by atoms with Crippen LogP contribution in [0.2, 0.25) is 0 Å². The zero-order valence-electron chi connectivity index (χ0n) is 18.8. The predicted molar refractivity (Wildman–Crippen MR) is 118 cm³/mol. The molecule has 8 heteroatoms. The number of piperazine rings is 1. The quantitative estimate of drug-likeness (QED) is 0.685. The van der Waals surface area contributed by atoms with Crippen LogP contribution in [0.5, 0.6) is 0 Å². The summed E-state index contributed by atoms with van der Waals surface area (Å²) in [6.45, 7) is 11.0. The van der Waals surface area contributed by atoms with Crippen LogP contribution in [0.15, 0.2) is 24.4 Å². The summed E-state index contributed by atoms with van der Waals surface area (Å²) < 4.78 is 6.90. The van der Waals surface area contributed by atoms with Crippen molar-refractivity contribution in [3.63, 3.8) is 0 Å². The average Bonchev–Trinajstić information content (AvgIpc) is 3.50. The number of aromatic nitrogens is 3. The maximum Gasteiger partial charge on any atom is 0.339 e. The van der Waals surface area contributed by atoms with Gasteiger partial charge in [0.1, 0.15) is 11.5 Å². The third kappa shape index (κ3) is 4.57. The van der Waals surface area contributed by atoms with Gasteiger partial charge < -0.3 is 14.5 Å². The summed E-state index contributed by atoms with van der Waals surface area (Å²) in [6.07, 6.45) is 3.87. The summed E-state index contributed by atoms with van der Waals surface area (Å²) >= 11 is 0. The van der Waals surface area contributed by atoms with E-state index < -0.39 is 0 Å². The summed E-state index contributed by atoms with van der Waals surface area (Å²) in [5, 5.41) is 4.77. The number of pyridine rings is 1. The minimum atomic E-state index is -0.363. The Morgan fingerprint density at radius 1 is 1.13 bits per heavy atom. The molecule has 8 nitrogen and oxygen atoms in total. The smallest absolute Gasteiger partial charge is 0.339 e. The van der Waals surface area contributed by atoms with Gasteiger partial charge in [0.05, 0.1) is 23.4 Å². The molecule has 0 aromatic carbocycles. The molecular weight excluding hydrogens is 394 g/mol. The van der Waals surface area contributed by atoms with E-state index in [1.165, 1.54) is 0 Å². The number of amides is 1. The first-order chi connectivity index (χ1) is 14.8. The van der Waals surface area contributed by atoms with E-state index in [9.17, 15) is 9.59 Å². The van der Waals surface area contributed by atoms with Crippen LogP contribution in [-0.4, -0.2) is 64.3 Å². The van der Waals surface area contributed by atoms with Gasteiger partial charge in [-0.3, -0.25) is 9.48 Å². The van der Waals surface area contributed by atoms with Gasteiger partial charge in [-0.1, -0.05) is 0 Å². The van der Waals surface area contributed by atoms with Gasteiger partial charge in [-0.25, -0.2) is 9.78 Å². The molecule has 2 aliphatic rings. The van der Waals surface area contributed by atoms with E-state index in [-0.39, 0.29) is 17.4 Å². The molecule has 1 aliphatic heterocycles. The monoisotopic (exact) mass is 425 g/mol. The predicted octanol–water partition coefficient (Wildman–Crippen LogP) is 3.05. The van der Waals surface area contributed by atoms with Crippen molar-refractivity contribution < 1.29 is 14.3 Å². The number of carbonyl (C=O) groups excluding carboxylic acids is 2. The van der Waals surface area contributed by atoms with Crippen molar-refractivity contribution in [3.05, 3.63) is 41.3 Å². The molecule has 2 aromatic rings. The first kappa shape index (κ1) is 21.3. The number of ether oxygens (including phenoxy) is 1. The molecule has 2 aromatic heterocycles. The molecule has 0 radical (unpaired) electrons. The maximum absolute atomic E-state index is 13.3. The third-order valence-electron chi connectivity index (χ3n) is 5.73. The minimum absolute atomic E-state index is 0.0413. The molecule has 2 fully saturated rings. The van der Waals surface area contributed by atoms with Crippen LogP contribution < -0.4 is 4.90 Å². The number of anilines is 1. The fourth-order valence-corrected chi connectivity index (χ4v) is 3.85.